The first-order valence-corrected chi connectivity index (χ1v) is 17.8. The van der Waals surface area contributed by atoms with Crippen LogP contribution >= 0.6 is 0 Å². The van der Waals surface area contributed by atoms with Gasteiger partial charge >= 0.3 is 6.01 Å². The minimum absolute atomic E-state index is 0.000338. The summed E-state index contributed by atoms with van der Waals surface area (Å²) in [5.74, 6) is 2.29. The number of phenols is 1. The van der Waals surface area contributed by atoms with E-state index in [0.717, 1.165) is 24.2 Å². The average Bonchev–Trinajstić information content (AvgIpc) is 3.76. The second-order valence-electron chi connectivity index (χ2n) is 14.9. The average molecular weight is 705 g/mol. The Morgan fingerprint density at radius 3 is 2.71 bits per heavy atom. The van der Waals surface area contributed by atoms with Crippen LogP contribution < -0.4 is 19.7 Å². The summed E-state index contributed by atoms with van der Waals surface area (Å²) in [5, 5.41) is 15.3. The standard InChI is InChI=1S/C40H35F3N6O3/c1-2-27-31(42)10-7-21-11-26(50)12-29(33(21)27)35-34(43)36-30(15-44-35)38(48-17-24-8-9-25(18-48)45-24)47-39(46-36)52-20-40-13-22-19-51-32-6-4-3-5-28(32)37(22)49(40)16-23(41)14-40/h1,3-7,10-12,15,22-25,37,45,50H,8-9,13-14,16-20H2/t22?,23-,24-,25+,37?,40?/m0/s1. The Hall–Kier alpha value is -5.12. The van der Waals surface area contributed by atoms with Crippen LogP contribution in [0, 0.1) is 29.9 Å². The monoisotopic (exact) mass is 704 g/mol. The van der Waals surface area contributed by atoms with E-state index in [0.29, 0.717) is 49.1 Å². The molecule has 52 heavy (non-hydrogen) atoms. The molecule has 7 heterocycles. The van der Waals surface area contributed by atoms with Gasteiger partial charge in [0.15, 0.2) is 5.82 Å². The van der Waals surface area contributed by atoms with Crippen molar-refractivity contribution in [2.24, 2.45) is 5.92 Å². The fourth-order valence-corrected chi connectivity index (χ4v) is 9.73. The van der Waals surface area contributed by atoms with Gasteiger partial charge in [0.2, 0.25) is 0 Å². The number of alkyl halides is 1. The predicted octanol–water partition coefficient (Wildman–Crippen LogP) is 6.07. The summed E-state index contributed by atoms with van der Waals surface area (Å²) < 4.78 is 59.9. The predicted molar refractivity (Wildman–Crippen MR) is 189 cm³/mol. The van der Waals surface area contributed by atoms with Gasteiger partial charge in [0.25, 0.3) is 0 Å². The van der Waals surface area contributed by atoms with Crippen molar-refractivity contribution in [2.75, 3.05) is 37.7 Å². The number of piperazine rings is 1. The van der Waals surface area contributed by atoms with E-state index in [1.807, 2.05) is 18.2 Å². The van der Waals surface area contributed by atoms with Crippen molar-refractivity contribution in [2.45, 2.75) is 55.5 Å². The third kappa shape index (κ3) is 4.82. The van der Waals surface area contributed by atoms with Crippen molar-refractivity contribution < 1.29 is 27.8 Å². The highest BCUT2D eigenvalue weighted by atomic mass is 19.1. The number of rotatable bonds is 5. The zero-order chi connectivity index (χ0) is 35.3. The van der Waals surface area contributed by atoms with Crippen molar-refractivity contribution in [3.63, 3.8) is 0 Å². The molecule has 0 amide bonds. The van der Waals surface area contributed by atoms with E-state index in [2.05, 4.69) is 37.1 Å². The summed E-state index contributed by atoms with van der Waals surface area (Å²) in [6.45, 7) is 2.26. The van der Waals surface area contributed by atoms with Crippen molar-refractivity contribution in [3.05, 3.63) is 77.5 Å². The summed E-state index contributed by atoms with van der Waals surface area (Å²) in [6.07, 6.45) is 9.25. The number of aromatic hydroxyl groups is 1. The number of phenolic OH excluding ortho intramolecular Hbond substituents is 1. The topological polar surface area (TPSA) is 95.9 Å². The zero-order valence-electron chi connectivity index (χ0n) is 28.2. The lowest BCUT2D eigenvalue weighted by Gasteiger charge is -2.36. The molecule has 9 nitrogen and oxygen atoms in total. The number of aromatic nitrogens is 3. The van der Waals surface area contributed by atoms with Gasteiger partial charge in [-0.05, 0) is 48.9 Å². The molecule has 3 unspecified atom stereocenters. The van der Waals surface area contributed by atoms with Crippen LogP contribution in [-0.4, -0.2) is 81.6 Å². The van der Waals surface area contributed by atoms with Gasteiger partial charge < -0.3 is 24.8 Å². The van der Waals surface area contributed by atoms with Crippen LogP contribution in [-0.2, 0) is 0 Å². The molecule has 2 aromatic heterocycles. The number of nitrogens with zero attached hydrogens (tertiary/aromatic N) is 5. The molecule has 5 aliphatic rings. The number of pyridine rings is 1. The first kappa shape index (κ1) is 31.6. The number of anilines is 1. The Bertz CT molecular complexity index is 2320. The Morgan fingerprint density at radius 2 is 1.88 bits per heavy atom. The van der Waals surface area contributed by atoms with Gasteiger partial charge in [-0.15, -0.1) is 6.42 Å². The molecular formula is C40H35F3N6O3. The van der Waals surface area contributed by atoms with Crippen LogP contribution in [0.2, 0.25) is 0 Å². The summed E-state index contributed by atoms with van der Waals surface area (Å²) in [6, 6.07) is 13.9. The number of terminal acetylenes is 1. The molecule has 3 aromatic carbocycles. The van der Waals surface area contributed by atoms with Gasteiger partial charge in [0.05, 0.1) is 23.1 Å². The number of nitrogens with one attached hydrogen (secondary N) is 1. The van der Waals surface area contributed by atoms with Gasteiger partial charge in [0, 0.05) is 72.8 Å². The lowest BCUT2D eigenvalue weighted by atomic mass is 9.86. The van der Waals surface area contributed by atoms with Crippen molar-refractivity contribution >= 4 is 27.5 Å². The van der Waals surface area contributed by atoms with Crippen molar-refractivity contribution in [1.29, 1.82) is 0 Å². The molecule has 0 aliphatic carbocycles. The molecule has 12 heteroatoms. The molecule has 4 fully saturated rings. The number of hydrogen-bond donors (Lipinski definition) is 2. The van der Waals surface area contributed by atoms with Crippen LogP contribution in [0.1, 0.15) is 42.9 Å². The van der Waals surface area contributed by atoms with Gasteiger partial charge in [0.1, 0.15) is 47.1 Å². The van der Waals surface area contributed by atoms with Gasteiger partial charge in [-0.3, -0.25) is 9.88 Å². The van der Waals surface area contributed by atoms with E-state index in [-0.39, 0.29) is 76.7 Å². The molecule has 5 aliphatic heterocycles. The maximum atomic E-state index is 17.1. The smallest absolute Gasteiger partial charge is 0.319 e. The SMILES string of the molecule is C#Cc1c(F)ccc2cc(O)cc(-c3ncc4c(N5C[C@H]6CC[C@@H](C5)N6)nc(OCC56CC7COc8ccccc8C7N5C[C@@H](F)C6)nc4c3F)c12. The van der Waals surface area contributed by atoms with Gasteiger partial charge in [-0.25, -0.2) is 13.2 Å². The van der Waals surface area contributed by atoms with Crippen molar-refractivity contribution in [3.8, 4) is 41.1 Å². The molecule has 264 valence electrons. The van der Waals surface area contributed by atoms with E-state index in [1.165, 1.54) is 30.5 Å². The Kier molecular flexibility index (Phi) is 7.11. The number of fused-ring (bicyclic) bond motifs is 9. The van der Waals surface area contributed by atoms with Crippen LogP contribution in [0.3, 0.4) is 0 Å². The van der Waals surface area contributed by atoms with Crippen LogP contribution in [0.15, 0.2) is 54.7 Å². The van der Waals surface area contributed by atoms with E-state index in [4.69, 9.17) is 20.9 Å². The number of halogens is 3. The normalized spacial score (nSPS) is 27.7. The molecule has 4 saturated heterocycles. The zero-order valence-corrected chi connectivity index (χ0v) is 28.2. The highest BCUT2D eigenvalue weighted by Gasteiger charge is 2.59. The Morgan fingerprint density at radius 1 is 1.06 bits per heavy atom. The van der Waals surface area contributed by atoms with E-state index >= 15 is 8.78 Å². The number of ether oxygens (including phenoxy) is 2. The third-order valence-electron chi connectivity index (χ3n) is 11.8. The fraction of sp³-hybridized carbons (Fsp3) is 0.375. The summed E-state index contributed by atoms with van der Waals surface area (Å²) in [4.78, 5) is 18.4. The molecule has 6 atom stereocenters. The second-order valence-corrected chi connectivity index (χ2v) is 14.9. The van der Waals surface area contributed by atoms with Gasteiger partial charge in [-0.2, -0.15) is 9.97 Å². The Balaban J connectivity index is 1.08. The van der Waals surface area contributed by atoms with E-state index in [9.17, 15) is 9.50 Å². The molecule has 0 saturated carbocycles. The van der Waals surface area contributed by atoms with E-state index < -0.39 is 23.3 Å². The molecule has 0 radical (unpaired) electrons. The largest absolute Gasteiger partial charge is 0.508 e. The van der Waals surface area contributed by atoms with E-state index in [1.54, 1.807) is 0 Å². The van der Waals surface area contributed by atoms with Crippen molar-refractivity contribution in [1.82, 2.24) is 25.2 Å². The first-order chi connectivity index (χ1) is 25.3. The fourth-order valence-electron chi connectivity index (χ4n) is 9.73. The molecule has 2 N–H and O–H groups in total. The highest BCUT2D eigenvalue weighted by Crippen LogP contribution is 2.56. The molecule has 2 bridgehead atoms. The number of benzene rings is 3. The number of hydrogen-bond acceptors (Lipinski definition) is 9. The maximum Gasteiger partial charge on any atom is 0.319 e. The molecule has 5 aromatic rings. The minimum Gasteiger partial charge on any atom is -0.508 e. The van der Waals surface area contributed by atoms with Crippen LogP contribution in [0.4, 0.5) is 19.0 Å². The quantitative estimate of drug-likeness (QED) is 0.212. The van der Waals surface area contributed by atoms with Crippen LogP contribution in [0.25, 0.3) is 32.9 Å². The van der Waals surface area contributed by atoms with Gasteiger partial charge in [-0.1, -0.05) is 30.2 Å². The molecule has 10 rings (SSSR count). The lowest BCUT2D eigenvalue weighted by molar-refractivity contribution is 0.0777. The second kappa shape index (κ2) is 11.7. The maximum absolute atomic E-state index is 17.1. The lowest BCUT2D eigenvalue weighted by Crippen LogP contribution is -2.51. The Labute approximate surface area is 297 Å². The van der Waals surface area contributed by atoms with Crippen LogP contribution in [0.5, 0.6) is 17.5 Å². The summed E-state index contributed by atoms with van der Waals surface area (Å²) in [7, 11) is 0. The first-order valence-electron chi connectivity index (χ1n) is 17.8. The third-order valence-corrected chi connectivity index (χ3v) is 11.8. The summed E-state index contributed by atoms with van der Waals surface area (Å²) >= 11 is 0. The minimum atomic E-state index is -1.02. The molecular weight excluding hydrogens is 669 g/mol. The molecule has 0 spiro atoms. The highest BCUT2D eigenvalue weighted by molar-refractivity contribution is 6.03. The number of para-hydroxylation sites is 1. The summed E-state index contributed by atoms with van der Waals surface area (Å²) in [5.41, 5.74) is 0.329.